The first-order chi connectivity index (χ1) is 13.6. The normalized spacial score (nSPS) is 24.4. The third-order valence-electron chi connectivity index (χ3n) is 5.16. The van der Waals surface area contributed by atoms with E-state index >= 15 is 0 Å². The van der Waals surface area contributed by atoms with Gasteiger partial charge in [0.25, 0.3) is 0 Å². The maximum Gasteiger partial charge on any atom is 0.328 e. The zero-order valence-corrected chi connectivity index (χ0v) is 18.0. The molecule has 2 aliphatic heterocycles. The number of methoxy groups -OCH3 is 1. The SMILES string of the molecule is COC(=O)[C@@H]1CCCN1C(=O)[C@H](CC(C)C)NC(=O)[C@H]1N[C@@H]1C(=O)NCC(C)C. The Bertz CT molecular complexity index is 636. The molecular formula is C20H34N4O5. The molecule has 29 heavy (non-hydrogen) atoms. The summed E-state index contributed by atoms with van der Waals surface area (Å²) in [7, 11) is 1.31. The predicted octanol–water partition coefficient (Wildman–Crippen LogP) is -0.206. The highest BCUT2D eigenvalue weighted by Crippen LogP contribution is 2.21. The summed E-state index contributed by atoms with van der Waals surface area (Å²) < 4.78 is 4.81. The third-order valence-corrected chi connectivity index (χ3v) is 5.16. The molecule has 0 saturated carbocycles. The summed E-state index contributed by atoms with van der Waals surface area (Å²) in [6.07, 6.45) is 1.73. The van der Waals surface area contributed by atoms with Gasteiger partial charge < -0.3 is 20.3 Å². The standard InChI is InChI=1S/C20H34N4O5/c1-11(2)9-13(19(27)24-8-6-7-14(24)20(28)29-5)22-18(26)16-15(23-16)17(25)21-10-12(3)4/h11-16,23H,6-10H2,1-5H3,(H,21,25)(H,22,26)/t13-,14-,15-,16-/m0/s1. The van der Waals surface area contributed by atoms with Crippen LogP contribution in [0.3, 0.4) is 0 Å². The van der Waals surface area contributed by atoms with Gasteiger partial charge in [-0.05, 0) is 31.1 Å². The van der Waals surface area contributed by atoms with Crippen molar-refractivity contribution in [2.75, 3.05) is 20.2 Å². The molecule has 3 N–H and O–H groups in total. The second kappa shape index (κ2) is 10.0. The summed E-state index contributed by atoms with van der Waals surface area (Å²) in [4.78, 5) is 51.3. The van der Waals surface area contributed by atoms with Gasteiger partial charge in [0.15, 0.2) is 0 Å². The number of carbonyl (C=O) groups excluding carboxylic acids is 4. The molecule has 0 spiro atoms. The van der Waals surface area contributed by atoms with Crippen molar-refractivity contribution in [1.82, 2.24) is 20.9 Å². The van der Waals surface area contributed by atoms with Crippen LogP contribution < -0.4 is 16.0 Å². The van der Waals surface area contributed by atoms with Crippen molar-refractivity contribution in [3.8, 4) is 0 Å². The van der Waals surface area contributed by atoms with Crippen LogP contribution in [0.2, 0.25) is 0 Å². The van der Waals surface area contributed by atoms with Crippen LogP contribution in [0.15, 0.2) is 0 Å². The smallest absolute Gasteiger partial charge is 0.328 e. The number of nitrogens with one attached hydrogen (secondary N) is 3. The van der Waals surface area contributed by atoms with Crippen molar-refractivity contribution in [3.63, 3.8) is 0 Å². The molecule has 0 unspecified atom stereocenters. The largest absolute Gasteiger partial charge is 0.467 e. The molecule has 4 atom stereocenters. The van der Waals surface area contributed by atoms with Crippen molar-refractivity contribution in [2.24, 2.45) is 11.8 Å². The van der Waals surface area contributed by atoms with E-state index in [0.717, 1.165) is 6.42 Å². The molecule has 0 aromatic rings. The lowest BCUT2D eigenvalue weighted by Crippen LogP contribution is -2.53. The Morgan fingerprint density at radius 2 is 1.72 bits per heavy atom. The number of likely N-dealkylation sites (tertiary alicyclic amines) is 1. The lowest BCUT2D eigenvalue weighted by Gasteiger charge is -2.28. The molecule has 2 fully saturated rings. The van der Waals surface area contributed by atoms with E-state index in [0.29, 0.717) is 31.8 Å². The molecule has 0 bridgehead atoms. The number of hydrogen-bond donors (Lipinski definition) is 3. The predicted molar refractivity (Wildman–Crippen MR) is 107 cm³/mol. The van der Waals surface area contributed by atoms with E-state index in [1.807, 2.05) is 27.7 Å². The molecule has 2 aliphatic rings. The minimum atomic E-state index is -0.741. The fourth-order valence-electron chi connectivity index (χ4n) is 3.57. The van der Waals surface area contributed by atoms with E-state index in [-0.39, 0.29) is 23.6 Å². The summed E-state index contributed by atoms with van der Waals surface area (Å²) in [6, 6.07) is -2.56. The molecule has 164 valence electrons. The average molecular weight is 411 g/mol. The molecule has 9 heteroatoms. The van der Waals surface area contributed by atoms with E-state index in [9.17, 15) is 19.2 Å². The van der Waals surface area contributed by atoms with Gasteiger partial charge in [-0.15, -0.1) is 0 Å². The molecular weight excluding hydrogens is 376 g/mol. The summed E-state index contributed by atoms with van der Waals surface area (Å²) in [5, 5.41) is 8.46. The van der Waals surface area contributed by atoms with Gasteiger partial charge in [0, 0.05) is 13.1 Å². The number of rotatable bonds is 9. The van der Waals surface area contributed by atoms with Crippen molar-refractivity contribution < 1.29 is 23.9 Å². The van der Waals surface area contributed by atoms with Gasteiger partial charge in [-0.25, -0.2) is 4.79 Å². The maximum absolute atomic E-state index is 13.1. The number of carbonyl (C=O) groups is 4. The quantitative estimate of drug-likeness (QED) is 0.357. The van der Waals surface area contributed by atoms with Gasteiger partial charge in [0.1, 0.15) is 24.2 Å². The third kappa shape index (κ3) is 6.16. The minimum Gasteiger partial charge on any atom is -0.467 e. The number of ether oxygens (including phenoxy) is 1. The molecule has 0 aromatic carbocycles. The van der Waals surface area contributed by atoms with Crippen molar-refractivity contribution in [1.29, 1.82) is 0 Å². The highest BCUT2D eigenvalue weighted by atomic mass is 16.5. The average Bonchev–Trinajstić information content (AvgIpc) is 3.32. The first-order valence-electron chi connectivity index (χ1n) is 10.4. The van der Waals surface area contributed by atoms with Crippen molar-refractivity contribution >= 4 is 23.7 Å². The van der Waals surface area contributed by atoms with E-state index in [1.54, 1.807) is 0 Å². The summed E-state index contributed by atoms with van der Waals surface area (Å²) in [5.41, 5.74) is 0. The van der Waals surface area contributed by atoms with Crippen LogP contribution in [0.25, 0.3) is 0 Å². The fourth-order valence-corrected chi connectivity index (χ4v) is 3.57. The van der Waals surface area contributed by atoms with Gasteiger partial charge in [0.05, 0.1) is 7.11 Å². The Hall–Kier alpha value is -2.16. The number of amides is 3. The number of esters is 1. The van der Waals surface area contributed by atoms with Gasteiger partial charge in [0.2, 0.25) is 17.7 Å². The Balaban J connectivity index is 1.98. The summed E-state index contributed by atoms with van der Waals surface area (Å²) in [5.74, 6) is -0.807. The first-order valence-corrected chi connectivity index (χ1v) is 10.4. The molecule has 3 amide bonds. The molecule has 0 aliphatic carbocycles. The van der Waals surface area contributed by atoms with Crippen LogP contribution in [0.4, 0.5) is 0 Å². The zero-order chi connectivity index (χ0) is 21.7. The van der Waals surface area contributed by atoms with Crippen LogP contribution in [0.1, 0.15) is 47.0 Å². The van der Waals surface area contributed by atoms with E-state index in [2.05, 4.69) is 16.0 Å². The van der Waals surface area contributed by atoms with Gasteiger partial charge in [-0.2, -0.15) is 0 Å². The highest BCUT2D eigenvalue weighted by Gasteiger charge is 2.48. The molecule has 2 rings (SSSR count). The molecule has 9 nitrogen and oxygen atoms in total. The maximum atomic E-state index is 13.1. The minimum absolute atomic E-state index is 0.167. The van der Waals surface area contributed by atoms with Crippen molar-refractivity contribution in [3.05, 3.63) is 0 Å². The second-order valence-corrected chi connectivity index (χ2v) is 8.66. The van der Waals surface area contributed by atoms with Gasteiger partial charge >= 0.3 is 5.97 Å². The van der Waals surface area contributed by atoms with Gasteiger partial charge in [-0.3, -0.25) is 19.7 Å². The van der Waals surface area contributed by atoms with Crippen LogP contribution in [0, 0.1) is 11.8 Å². The van der Waals surface area contributed by atoms with Crippen LogP contribution in [-0.2, 0) is 23.9 Å². The lowest BCUT2D eigenvalue weighted by atomic mass is 10.0. The Morgan fingerprint density at radius 3 is 2.31 bits per heavy atom. The van der Waals surface area contributed by atoms with Crippen LogP contribution in [-0.4, -0.2) is 73.0 Å². The summed E-state index contributed by atoms with van der Waals surface area (Å²) >= 11 is 0. The molecule has 0 radical (unpaired) electrons. The number of nitrogens with zero attached hydrogens (tertiary/aromatic N) is 1. The highest BCUT2D eigenvalue weighted by molar-refractivity contribution is 5.99. The monoisotopic (exact) mass is 410 g/mol. The van der Waals surface area contributed by atoms with Crippen molar-refractivity contribution in [2.45, 2.75) is 71.1 Å². The topological polar surface area (TPSA) is 127 Å². The zero-order valence-electron chi connectivity index (χ0n) is 18.0. The van der Waals surface area contributed by atoms with E-state index in [1.165, 1.54) is 12.0 Å². The Morgan fingerprint density at radius 1 is 1.07 bits per heavy atom. The van der Waals surface area contributed by atoms with Crippen LogP contribution in [0.5, 0.6) is 0 Å². The Labute approximate surface area is 172 Å². The first kappa shape index (κ1) is 23.1. The molecule has 0 aromatic heterocycles. The summed E-state index contributed by atoms with van der Waals surface area (Å²) in [6.45, 7) is 8.92. The fraction of sp³-hybridized carbons (Fsp3) is 0.800. The molecule has 2 heterocycles. The van der Waals surface area contributed by atoms with Crippen LogP contribution >= 0.6 is 0 Å². The van der Waals surface area contributed by atoms with E-state index in [4.69, 9.17) is 4.74 Å². The molecule has 2 saturated heterocycles. The lowest BCUT2D eigenvalue weighted by molar-refractivity contribution is -0.152. The Kier molecular flexibility index (Phi) is 8.01. The second-order valence-electron chi connectivity index (χ2n) is 8.66. The van der Waals surface area contributed by atoms with E-state index < -0.39 is 30.1 Å². The van der Waals surface area contributed by atoms with Gasteiger partial charge in [-0.1, -0.05) is 27.7 Å². The number of hydrogen-bond acceptors (Lipinski definition) is 6.